The van der Waals surface area contributed by atoms with Crippen molar-refractivity contribution in [2.24, 2.45) is 12.0 Å². The van der Waals surface area contributed by atoms with Gasteiger partial charge in [-0.2, -0.15) is 5.10 Å². The van der Waals surface area contributed by atoms with Crippen LogP contribution in [0.1, 0.15) is 35.0 Å². The number of hydrogen-bond donors (Lipinski definition) is 2. The van der Waals surface area contributed by atoms with Gasteiger partial charge in [0.15, 0.2) is 11.8 Å². The number of nitrogens with zero attached hydrogens (tertiary/aromatic N) is 6. The number of benzene rings is 1. The standard InChI is InChI=1S/C21H30N8.HI/c1-16-13-17(2)29(27-16)12-8-11-22-21(23-14-19-9-6-5-7-10-19)24-15-20-26-25-18(3)28(20)4;/h5-7,9-10,13H,8,11-12,14-15H2,1-4H3,(H2,22,23,24);1H. The number of halogens is 1. The van der Waals surface area contributed by atoms with Gasteiger partial charge in [0.1, 0.15) is 5.82 Å². The van der Waals surface area contributed by atoms with Gasteiger partial charge in [0.05, 0.1) is 18.8 Å². The first-order valence-electron chi connectivity index (χ1n) is 9.95. The van der Waals surface area contributed by atoms with Crippen LogP contribution in [0, 0.1) is 20.8 Å². The van der Waals surface area contributed by atoms with Crippen LogP contribution < -0.4 is 10.6 Å². The molecule has 2 aromatic heterocycles. The Morgan fingerprint density at radius 2 is 1.83 bits per heavy atom. The van der Waals surface area contributed by atoms with Crippen molar-refractivity contribution in [2.75, 3.05) is 6.54 Å². The van der Waals surface area contributed by atoms with E-state index < -0.39 is 0 Å². The molecule has 1 aromatic carbocycles. The Kier molecular flexibility index (Phi) is 9.28. The van der Waals surface area contributed by atoms with Gasteiger partial charge in [-0.1, -0.05) is 30.3 Å². The highest BCUT2D eigenvalue weighted by Gasteiger charge is 2.07. The van der Waals surface area contributed by atoms with Gasteiger partial charge in [-0.3, -0.25) is 4.68 Å². The molecule has 2 heterocycles. The van der Waals surface area contributed by atoms with Gasteiger partial charge in [0.25, 0.3) is 0 Å². The molecule has 0 saturated carbocycles. The lowest BCUT2D eigenvalue weighted by Crippen LogP contribution is -2.38. The van der Waals surface area contributed by atoms with Crippen molar-refractivity contribution < 1.29 is 0 Å². The molecule has 0 fully saturated rings. The van der Waals surface area contributed by atoms with Crippen LogP contribution in [0.25, 0.3) is 0 Å². The second kappa shape index (κ2) is 11.7. The second-order valence-corrected chi connectivity index (χ2v) is 7.16. The van der Waals surface area contributed by atoms with Crippen molar-refractivity contribution >= 4 is 29.9 Å². The van der Waals surface area contributed by atoms with Crippen LogP contribution in [0.3, 0.4) is 0 Å². The summed E-state index contributed by atoms with van der Waals surface area (Å²) in [5.41, 5.74) is 3.42. The van der Waals surface area contributed by atoms with Crippen LogP contribution in [0.5, 0.6) is 0 Å². The van der Waals surface area contributed by atoms with Crippen molar-refractivity contribution in [3.05, 3.63) is 65.0 Å². The molecular weight excluding hydrogens is 491 g/mol. The topological polar surface area (TPSA) is 85.0 Å². The number of aliphatic imine (C=N–C) groups is 1. The summed E-state index contributed by atoms with van der Waals surface area (Å²) in [6, 6.07) is 12.3. The molecular formula is C21H31IN8. The Morgan fingerprint density at radius 1 is 1.07 bits per heavy atom. The van der Waals surface area contributed by atoms with Gasteiger partial charge < -0.3 is 15.2 Å². The van der Waals surface area contributed by atoms with Crippen LogP contribution in [-0.4, -0.2) is 37.0 Å². The summed E-state index contributed by atoms with van der Waals surface area (Å²) in [6.45, 7) is 8.91. The van der Waals surface area contributed by atoms with Crippen molar-refractivity contribution in [2.45, 2.75) is 46.8 Å². The summed E-state index contributed by atoms with van der Waals surface area (Å²) in [5, 5.41) is 19.6. The van der Waals surface area contributed by atoms with E-state index >= 15 is 0 Å². The molecule has 0 bridgehead atoms. The van der Waals surface area contributed by atoms with Crippen LogP contribution in [0.15, 0.2) is 41.4 Å². The largest absolute Gasteiger partial charge is 0.356 e. The summed E-state index contributed by atoms with van der Waals surface area (Å²) < 4.78 is 4.03. The number of aryl methyl sites for hydroxylation is 4. The Hall–Kier alpha value is -2.43. The highest BCUT2D eigenvalue weighted by molar-refractivity contribution is 14.0. The average Bonchev–Trinajstić information content (AvgIpc) is 3.21. The Bertz CT molecular complexity index is 945. The SMILES string of the molecule is Cc1cc(C)n(CCCNC(=NCc2ccccc2)NCc2nnc(C)n2C)n1.I. The number of nitrogens with one attached hydrogen (secondary N) is 2. The predicted octanol–water partition coefficient (Wildman–Crippen LogP) is 2.88. The lowest BCUT2D eigenvalue weighted by atomic mass is 10.2. The molecule has 8 nitrogen and oxygen atoms in total. The number of aromatic nitrogens is 5. The molecule has 162 valence electrons. The Morgan fingerprint density at radius 3 is 2.47 bits per heavy atom. The fourth-order valence-electron chi connectivity index (χ4n) is 3.03. The van der Waals surface area contributed by atoms with Gasteiger partial charge in [0, 0.05) is 25.8 Å². The zero-order chi connectivity index (χ0) is 20.6. The van der Waals surface area contributed by atoms with Gasteiger partial charge in [0.2, 0.25) is 0 Å². The second-order valence-electron chi connectivity index (χ2n) is 7.16. The molecule has 0 radical (unpaired) electrons. The third-order valence-corrected chi connectivity index (χ3v) is 4.80. The van der Waals surface area contributed by atoms with E-state index in [1.165, 1.54) is 11.3 Å². The molecule has 0 aliphatic carbocycles. The molecule has 0 saturated heterocycles. The molecule has 0 unspecified atom stereocenters. The maximum Gasteiger partial charge on any atom is 0.191 e. The fraction of sp³-hybridized carbons (Fsp3) is 0.429. The first-order chi connectivity index (χ1) is 14.0. The normalized spacial score (nSPS) is 11.3. The van der Waals surface area contributed by atoms with E-state index in [1.54, 1.807) is 0 Å². The van der Waals surface area contributed by atoms with Crippen molar-refractivity contribution in [1.82, 2.24) is 35.2 Å². The predicted molar refractivity (Wildman–Crippen MR) is 130 cm³/mol. The number of guanidine groups is 1. The summed E-state index contributed by atoms with van der Waals surface area (Å²) in [5.74, 6) is 2.53. The van der Waals surface area contributed by atoms with E-state index in [9.17, 15) is 0 Å². The summed E-state index contributed by atoms with van der Waals surface area (Å²) in [4.78, 5) is 4.73. The lowest BCUT2D eigenvalue weighted by Gasteiger charge is -2.13. The molecule has 2 N–H and O–H groups in total. The highest BCUT2D eigenvalue weighted by Crippen LogP contribution is 2.03. The van der Waals surface area contributed by atoms with Gasteiger partial charge >= 0.3 is 0 Å². The van der Waals surface area contributed by atoms with E-state index in [2.05, 4.69) is 51.1 Å². The maximum atomic E-state index is 4.73. The molecule has 9 heteroatoms. The third-order valence-electron chi connectivity index (χ3n) is 4.80. The van der Waals surface area contributed by atoms with E-state index in [0.717, 1.165) is 42.8 Å². The van der Waals surface area contributed by atoms with Crippen LogP contribution >= 0.6 is 24.0 Å². The third kappa shape index (κ3) is 6.82. The molecule has 30 heavy (non-hydrogen) atoms. The van der Waals surface area contributed by atoms with Crippen molar-refractivity contribution in [1.29, 1.82) is 0 Å². The summed E-state index contributed by atoms with van der Waals surface area (Å²) in [6.07, 6.45) is 0.955. The minimum absolute atomic E-state index is 0. The van der Waals surface area contributed by atoms with E-state index in [0.29, 0.717) is 13.1 Å². The van der Waals surface area contributed by atoms with Crippen LogP contribution in [0.2, 0.25) is 0 Å². The summed E-state index contributed by atoms with van der Waals surface area (Å²) >= 11 is 0. The van der Waals surface area contributed by atoms with Crippen molar-refractivity contribution in [3.63, 3.8) is 0 Å². The van der Waals surface area contributed by atoms with E-state index in [4.69, 9.17) is 4.99 Å². The smallest absolute Gasteiger partial charge is 0.191 e. The Labute approximate surface area is 195 Å². The quantitative estimate of drug-likeness (QED) is 0.206. The minimum Gasteiger partial charge on any atom is -0.356 e. The molecule has 3 aromatic rings. The maximum absolute atomic E-state index is 4.73. The molecule has 3 rings (SSSR count). The fourth-order valence-corrected chi connectivity index (χ4v) is 3.03. The molecule has 0 aliphatic rings. The molecule has 0 aliphatic heterocycles. The Balaban J connectivity index is 0.00000320. The zero-order valence-corrected chi connectivity index (χ0v) is 20.4. The molecule has 0 atom stereocenters. The van der Waals surface area contributed by atoms with Gasteiger partial charge in [-0.15, -0.1) is 34.2 Å². The van der Waals surface area contributed by atoms with E-state index in [1.807, 2.05) is 48.3 Å². The van der Waals surface area contributed by atoms with Crippen LogP contribution in [-0.2, 0) is 26.7 Å². The molecule has 0 spiro atoms. The highest BCUT2D eigenvalue weighted by atomic mass is 127. The summed E-state index contributed by atoms with van der Waals surface area (Å²) in [7, 11) is 1.97. The first-order valence-corrected chi connectivity index (χ1v) is 9.95. The first kappa shape index (κ1) is 23.8. The minimum atomic E-state index is 0. The van der Waals surface area contributed by atoms with E-state index in [-0.39, 0.29) is 24.0 Å². The average molecular weight is 522 g/mol. The lowest BCUT2D eigenvalue weighted by molar-refractivity contribution is 0.554. The zero-order valence-electron chi connectivity index (χ0n) is 18.1. The van der Waals surface area contributed by atoms with Gasteiger partial charge in [-0.25, -0.2) is 4.99 Å². The number of hydrogen-bond acceptors (Lipinski definition) is 4. The van der Waals surface area contributed by atoms with Gasteiger partial charge in [-0.05, 0) is 38.8 Å². The number of rotatable bonds is 8. The van der Waals surface area contributed by atoms with Crippen molar-refractivity contribution in [3.8, 4) is 0 Å². The van der Waals surface area contributed by atoms with Crippen LogP contribution in [0.4, 0.5) is 0 Å². The molecule has 0 amide bonds. The monoisotopic (exact) mass is 522 g/mol.